The third kappa shape index (κ3) is 4.08. The van der Waals surface area contributed by atoms with Crippen LogP contribution in [-0.4, -0.2) is 50.8 Å². The van der Waals surface area contributed by atoms with E-state index in [4.69, 9.17) is 5.73 Å². The van der Waals surface area contributed by atoms with E-state index in [0.29, 0.717) is 24.6 Å². The highest BCUT2D eigenvalue weighted by Crippen LogP contribution is 2.23. The third-order valence-electron chi connectivity index (χ3n) is 4.84. The lowest BCUT2D eigenvalue weighted by Crippen LogP contribution is -2.30. The highest BCUT2D eigenvalue weighted by Gasteiger charge is 2.24. The zero-order valence-corrected chi connectivity index (χ0v) is 15.9. The van der Waals surface area contributed by atoms with Crippen LogP contribution < -0.4 is 16.4 Å². The summed E-state index contributed by atoms with van der Waals surface area (Å²) in [7, 11) is 0. The van der Waals surface area contributed by atoms with Gasteiger partial charge in [0.15, 0.2) is 11.5 Å². The van der Waals surface area contributed by atoms with Crippen molar-refractivity contribution >= 4 is 40.0 Å². The van der Waals surface area contributed by atoms with E-state index >= 15 is 0 Å². The molecule has 4 N–H and O–H groups in total. The van der Waals surface area contributed by atoms with Crippen molar-refractivity contribution in [3.05, 3.63) is 48.4 Å². The normalized spacial score (nSPS) is 16.0. The second kappa shape index (κ2) is 7.70. The van der Waals surface area contributed by atoms with Crippen molar-refractivity contribution in [2.75, 3.05) is 23.7 Å². The van der Waals surface area contributed by atoms with Crippen LogP contribution in [0.15, 0.2) is 42.7 Å². The molecule has 4 rings (SSSR count). The summed E-state index contributed by atoms with van der Waals surface area (Å²) in [6.45, 7) is 2.86. The first-order chi connectivity index (χ1) is 14.0. The molecule has 0 saturated carbocycles. The number of likely N-dealkylation sites (tertiary alicyclic amines) is 1. The molecule has 29 heavy (non-hydrogen) atoms. The van der Waals surface area contributed by atoms with Gasteiger partial charge in [0.05, 0.1) is 23.6 Å². The molecule has 0 aliphatic carbocycles. The molecule has 2 amide bonds. The third-order valence-corrected chi connectivity index (χ3v) is 4.84. The maximum atomic E-state index is 11.8. The SMILES string of the molecule is CC(=O)N1CC[C@@H](Nc2cnc(C(N)=O)c(Nc3cnc4ccccc4c3)n2)C1. The number of hydrogen-bond acceptors (Lipinski definition) is 7. The molecule has 1 aliphatic heterocycles. The molecule has 9 heteroatoms. The van der Waals surface area contributed by atoms with Crippen LogP contribution in [0.4, 0.5) is 17.3 Å². The number of pyridine rings is 1. The van der Waals surface area contributed by atoms with E-state index in [-0.39, 0.29) is 23.5 Å². The van der Waals surface area contributed by atoms with Gasteiger partial charge in [0.2, 0.25) is 5.91 Å². The van der Waals surface area contributed by atoms with E-state index in [1.807, 2.05) is 30.3 Å². The first-order valence-corrected chi connectivity index (χ1v) is 9.30. The van der Waals surface area contributed by atoms with Gasteiger partial charge in [-0.2, -0.15) is 0 Å². The molecule has 1 aromatic carbocycles. The topological polar surface area (TPSA) is 126 Å². The van der Waals surface area contributed by atoms with Gasteiger partial charge in [0, 0.05) is 31.4 Å². The Bertz CT molecular complexity index is 1090. The second-order valence-corrected chi connectivity index (χ2v) is 6.95. The van der Waals surface area contributed by atoms with Gasteiger partial charge >= 0.3 is 0 Å². The van der Waals surface area contributed by atoms with Crippen LogP contribution >= 0.6 is 0 Å². The average Bonchev–Trinajstić information content (AvgIpc) is 3.17. The van der Waals surface area contributed by atoms with Crippen molar-refractivity contribution in [3.63, 3.8) is 0 Å². The van der Waals surface area contributed by atoms with Crippen LogP contribution in [0.2, 0.25) is 0 Å². The van der Waals surface area contributed by atoms with E-state index in [1.165, 1.54) is 6.20 Å². The van der Waals surface area contributed by atoms with Crippen LogP contribution in [-0.2, 0) is 4.79 Å². The summed E-state index contributed by atoms with van der Waals surface area (Å²) in [6, 6.07) is 9.71. The lowest BCUT2D eigenvalue weighted by molar-refractivity contribution is -0.127. The summed E-state index contributed by atoms with van der Waals surface area (Å²) in [6.07, 6.45) is 3.95. The van der Waals surface area contributed by atoms with Gasteiger partial charge in [-0.05, 0) is 18.6 Å². The Labute approximate surface area is 167 Å². The number of nitrogens with zero attached hydrogens (tertiary/aromatic N) is 4. The molecule has 0 spiro atoms. The van der Waals surface area contributed by atoms with Crippen LogP contribution in [0.3, 0.4) is 0 Å². The predicted molar refractivity (Wildman–Crippen MR) is 110 cm³/mol. The van der Waals surface area contributed by atoms with Crippen LogP contribution in [0, 0.1) is 0 Å². The number of hydrogen-bond donors (Lipinski definition) is 3. The summed E-state index contributed by atoms with van der Waals surface area (Å²) >= 11 is 0. The maximum Gasteiger partial charge on any atom is 0.271 e. The molecular formula is C20H21N7O2. The fourth-order valence-corrected chi connectivity index (χ4v) is 3.38. The molecule has 3 aromatic rings. The van der Waals surface area contributed by atoms with Crippen molar-refractivity contribution in [2.24, 2.45) is 5.73 Å². The van der Waals surface area contributed by atoms with E-state index in [0.717, 1.165) is 17.3 Å². The molecule has 2 aromatic heterocycles. The van der Waals surface area contributed by atoms with Crippen molar-refractivity contribution in [1.29, 1.82) is 0 Å². The van der Waals surface area contributed by atoms with Gasteiger partial charge in [-0.25, -0.2) is 9.97 Å². The van der Waals surface area contributed by atoms with E-state index in [9.17, 15) is 9.59 Å². The number of aromatic nitrogens is 3. The Morgan fingerprint density at radius 3 is 2.79 bits per heavy atom. The van der Waals surface area contributed by atoms with E-state index in [1.54, 1.807) is 18.0 Å². The van der Waals surface area contributed by atoms with Crippen LogP contribution in [0.25, 0.3) is 10.9 Å². The van der Waals surface area contributed by atoms with E-state index < -0.39 is 5.91 Å². The average molecular weight is 391 g/mol. The number of anilines is 3. The van der Waals surface area contributed by atoms with Gasteiger partial charge in [-0.3, -0.25) is 14.6 Å². The van der Waals surface area contributed by atoms with Gasteiger partial charge in [0.25, 0.3) is 5.91 Å². The zero-order valence-electron chi connectivity index (χ0n) is 15.9. The predicted octanol–water partition coefficient (Wildman–Crippen LogP) is 1.90. The minimum atomic E-state index is -0.677. The molecule has 9 nitrogen and oxygen atoms in total. The number of carbonyl (C=O) groups excluding carboxylic acids is 2. The molecular weight excluding hydrogens is 370 g/mol. The van der Waals surface area contributed by atoms with Gasteiger partial charge in [-0.1, -0.05) is 18.2 Å². The largest absolute Gasteiger partial charge is 0.364 e. The van der Waals surface area contributed by atoms with Crippen molar-refractivity contribution in [3.8, 4) is 0 Å². The number of benzene rings is 1. The Morgan fingerprint density at radius 2 is 2.03 bits per heavy atom. The number of amides is 2. The summed E-state index contributed by atoms with van der Waals surface area (Å²) < 4.78 is 0. The fourth-order valence-electron chi connectivity index (χ4n) is 3.38. The molecule has 3 heterocycles. The molecule has 0 unspecified atom stereocenters. The molecule has 1 atom stereocenters. The number of primary amides is 1. The highest BCUT2D eigenvalue weighted by atomic mass is 16.2. The Balaban J connectivity index is 1.58. The zero-order chi connectivity index (χ0) is 20.4. The highest BCUT2D eigenvalue weighted by molar-refractivity contribution is 5.96. The van der Waals surface area contributed by atoms with Gasteiger partial charge in [-0.15, -0.1) is 0 Å². The van der Waals surface area contributed by atoms with Crippen LogP contribution in [0.1, 0.15) is 23.8 Å². The lowest BCUT2D eigenvalue weighted by Gasteiger charge is -2.16. The number of rotatable bonds is 5. The van der Waals surface area contributed by atoms with Gasteiger partial charge < -0.3 is 21.3 Å². The number of para-hydroxylation sites is 1. The van der Waals surface area contributed by atoms with Crippen molar-refractivity contribution in [1.82, 2.24) is 19.9 Å². The Hall–Kier alpha value is -3.75. The number of fused-ring (bicyclic) bond motifs is 1. The fraction of sp³-hybridized carbons (Fsp3) is 0.250. The van der Waals surface area contributed by atoms with Crippen LogP contribution in [0.5, 0.6) is 0 Å². The van der Waals surface area contributed by atoms with Gasteiger partial charge in [0.1, 0.15) is 5.82 Å². The standard InChI is InChI=1S/C20H21N7O2/c1-12(28)27-7-6-14(11-27)24-17-10-23-18(19(21)29)20(26-17)25-15-8-13-4-2-3-5-16(13)22-9-15/h2-5,8-10,14H,6-7,11H2,1H3,(H2,21,29)(H2,24,25,26)/t14-/m1/s1. The number of nitrogens with two attached hydrogens (primary N) is 1. The first-order valence-electron chi connectivity index (χ1n) is 9.30. The first kappa shape index (κ1) is 18.6. The smallest absolute Gasteiger partial charge is 0.271 e. The molecule has 1 aliphatic rings. The van der Waals surface area contributed by atoms with Crippen molar-refractivity contribution < 1.29 is 9.59 Å². The summed E-state index contributed by atoms with van der Waals surface area (Å²) in [5.41, 5.74) is 7.04. The molecule has 0 radical (unpaired) electrons. The molecule has 1 saturated heterocycles. The minimum Gasteiger partial charge on any atom is -0.364 e. The Kier molecular flexibility index (Phi) is 4.94. The summed E-state index contributed by atoms with van der Waals surface area (Å²) in [5, 5.41) is 7.32. The number of nitrogens with one attached hydrogen (secondary N) is 2. The second-order valence-electron chi connectivity index (χ2n) is 6.95. The molecule has 1 fully saturated rings. The molecule has 148 valence electrons. The summed E-state index contributed by atoms with van der Waals surface area (Å²) in [5.74, 6) is 0.127. The quantitative estimate of drug-likeness (QED) is 0.606. The lowest BCUT2D eigenvalue weighted by atomic mass is 10.2. The molecule has 0 bridgehead atoms. The summed E-state index contributed by atoms with van der Waals surface area (Å²) in [4.78, 5) is 38.2. The monoisotopic (exact) mass is 391 g/mol. The number of carbonyl (C=O) groups is 2. The van der Waals surface area contributed by atoms with Crippen molar-refractivity contribution in [2.45, 2.75) is 19.4 Å². The Morgan fingerprint density at radius 1 is 1.21 bits per heavy atom. The maximum absolute atomic E-state index is 11.8. The van der Waals surface area contributed by atoms with E-state index in [2.05, 4.69) is 25.6 Å². The minimum absolute atomic E-state index is 0.0421.